The molecule has 4 heteroatoms. The Kier molecular flexibility index (Phi) is 5.34. The highest BCUT2D eigenvalue weighted by Gasteiger charge is 2.44. The van der Waals surface area contributed by atoms with Crippen molar-refractivity contribution in [3.63, 3.8) is 0 Å². The Labute approximate surface area is 152 Å². The Hall–Kier alpha value is -1.99. The predicted molar refractivity (Wildman–Crippen MR) is 109 cm³/mol. The molecule has 0 heterocycles. The molecule has 0 unspecified atom stereocenters. The maximum atomic E-state index is 11.7. The van der Waals surface area contributed by atoms with Crippen LogP contribution in [0.15, 0.2) is 91.0 Å². The van der Waals surface area contributed by atoms with E-state index >= 15 is 0 Å². The van der Waals surface area contributed by atoms with Crippen molar-refractivity contribution in [1.82, 2.24) is 0 Å². The van der Waals surface area contributed by atoms with E-state index in [1.165, 1.54) is 5.56 Å². The first kappa shape index (κ1) is 17.8. The van der Waals surface area contributed by atoms with Crippen LogP contribution in [0.2, 0.25) is 13.1 Å². The highest BCUT2D eigenvalue weighted by atomic mass is 28.4. The molecule has 0 fully saturated rings. The molecule has 1 N–H and O–H groups in total. The van der Waals surface area contributed by atoms with Crippen LogP contribution in [0.3, 0.4) is 0 Å². The molecule has 0 spiro atoms. The fourth-order valence-corrected chi connectivity index (χ4v) is 10.4. The molecule has 0 bridgehead atoms. The van der Waals surface area contributed by atoms with Crippen molar-refractivity contribution in [1.29, 1.82) is 0 Å². The Morgan fingerprint density at radius 3 is 1.52 bits per heavy atom. The van der Waals surface area contributed by atoms with E-state index < -0.39 is 16.9 Å². The molecule has 0 radical (unpaired) electrons. The quantitative estimate of drug-likeness (QED) is 0.681. The first-order valence-corrected chi connectivity index (χ1v) is 13.5. The van der Waals surface area contributed by atoms with Crippen molar-refractivity contribution in [3.05, 3.63) is 96.6 Å². The van der Waals surface area contributed by atoms with Crippen LogP contribution in [0.1, 0.15) is 5.56 Å². The van der Waals surface area contributed by atoms with Gasteiger partial charge in [0.15, 0.2) is 8.32 Å². The van der Waals surface area contributed by atoms with E-state index in [0.29, 0.717) is 0 Å². The van der Waals surface area contributed by atoms with Crippen LogP contribution < -0.4 is 10.4 Å². The summed E-state index contributed by atoms with van der Waals surface area (Å²) in [6, 6.07) is 31.0. The van der Waals surface area contributed by atoms with Crippen LogP contribution in [0.25, 0.3) is 0 Å². The topological polar surface area (TPSA) is 29.5 Å². The summed E-state index contributed by atoms with van der Waals surface area (Å²) in [5.74, 6) is 0. The molecule has 2 nitrogen and oxygen atoms in total. The van der Waals surface area contributed by atoms with Gasteiger partial charge in [-0.3, -0.25) is 0 Å². The van der Waals surface area contributed by atoms with Crippen molar-refractivity contribution >= 4 is 27.3 Å². The smallest absolute Gasteiger partial charge is 0.394 e. The van der Waals surface area contributed by atoms with Crippen molar-refractivity contribution in [2.75, 3.05) is 0 Å². The summed E-state index contributed by atoms with van der Waals surface area (Å²) >= 11 is 0. The summed E-state index contributed by atoms with van der Waals surface area (Å²) in [6.45, 7) is 4.37. The van der Waals surface area contributed by atoms with E-state index in [1.807, 2.05) is 66.7 Å². The normalized spacial score (nSPS) is 12.1. The van der Waals surface area contributed by atoms with E-state index in [4.69, 9.17) is 4.12 Å². The number of rotatable bonds is 6. The SMILES string of the molecule is C[Si](C)(Cc1ccccc1)O[Si](O)(c1ccccc1)c1ccccc1. The lowest BCUT2D eigenvalue weighted by Crippen LogP contribution is -2.65. The van der Waals surface area contributed by atoms with Gasteiger partial charge >= 0.3 is 8.56 Å². The lowest BCUT2D eigenvalue weighted by atomic mass is 10.2. The molecule has 0 aromatic heterocycles. The Morgan fingerprint density at radius 1 is 0.680 bits per heavy atom. The predicted octanol–water partition coefficient (Wildman–Crippen LogP) is 3.24. The fourth-order valence-electron chi connectivity index (χ4n) is 3.14. The summed E-state index contributed by atoms with van der Waals surface area (Å²) < 4.78 is 6.63. The van der Waals surface area contributed by atoms with Crippen LogP contribution in [-0.2, 0) is 10.2 Å². The minimum absolute atomic E-state index is 0.878. The lowest BCUT2D eigenvalue weighted by molar-refractivity contribution is 0.403. The van der Waals surface area contributed by atoms with Gasteiger partial charge < -0.3 is 8.91 Å². The van der Waals surface area contributed by atoms with Gasteiger partial charge in [-0.05, 0) is 35.1 Å². The largest absolute Gasteiger partial charge is 0.429 e. The molecule has 3 aromatic carbocycles. The second-order valence-corrected chi connectivity index (χ2v) is 14.0. The number of benzene rings is 3. The summed E-state index contributed by atoms with van der Waals surface area (Å²) in [4.78, 5) is 11.7. The summed E-state index contributed by atoms with van der Waals surface area (Å²) in [5.41, 5.74) is 1.26. The van der Waals surface area contributed by atoms with E-state index in [9.17, 15) is 4.80 Å². The molecule has 3 rings (SSSR count). The van der Waals surface area contributed by atoms with Crippen LogP contribution in [0.4, 0.5) is 0 Å². The zero-order chi connectivity index (χ0) is 17.8. The molecule has 0 saturated heterocycles. The van der Waals surface area contributed by atoms with Gasteiger partial charge in [-0.15, -0.1) is 0 Å². The van der Waals surface area contributed by atoms with Gasteiger partial charge in [-0.1, -0.05) is 91.0 Å². The molecule has 0 atom stereocenters. The summed E-state index contributed by atoms with van der Waals surface area (Å²) in [7, 11) is -5.36. The molecule has 0 saturated carbocycles. The summed E-state index contributed by atoms with van der Waals surface area (Å²) in [6.07, 6.45) is 0. The van der Waals surface area contributed by atoms with Crippen molar-refractivity contribution in [2.24, 2.45) is 0 Å². The maximum Gasteiger partial charge on any atom is 0.394 e. The van der Waals surface area contributed by atoms with Crippen LogP contribution in [-0.4, -0.2) is 21.7 Å². The minimum atomic E-state index is -3.23. The van der Waals surface area contributed by atoms with Crippen molar-refractivity contribution in [3.8, 4) is 0 Å². The summed E-state index contributed by atoms with van der Waals surface area (Å²) in [5, 5.41) is 1.80. The third kappa shape index (κ3) is 4.35. The third-order valence-electron chi connectivity index (χ3n) is 4.23. The molecule has 0 aliphatic heterocycles. The highest BCUT2D eigenvalue weighted by molar-refractivity contribution is 6.97. The molecular formula is C21H24O2Si2. The number of hydrogen-bond acceptors (Lipinski definition) is 2. The number of hydrogen-bond donors (Lipinski definition) is 1. The van der Waals surface area contributed by atoms with Crippen LogP contribution >= 0.6 is 0 Å². The zero-order valence-corrected chi connectivity index (χ0v) is 16.7. The third-order valence-corrected chi connectivity index (χ3v) is 11.1. The average molecular weight is 365 g/mol. The minimum Gasteiger partial charge on any atom is -0.429 e. The standard InChI is InChI=1S/C21H24O2Si2/c1-24(2,18-19-12-6-3-7-13-19)23-25(22,20-14-8-4-9-15-20)21-16-10-5-11-17-21/h3-17,22H,18H2,1-2H3. The van der Waals surface area contributed by atoms with Gasteiger partial charge in [0.25, 0.3) is 0 Å². The van der Waals surface area contributed by atoms with Gasteiger partial charge in [-0.25, -0.2) is 0 Å². The average Bonchev–Trinajstić information content (AvgIpc) is 2.63. The second kappa shape index (κ2) is 7.49. The van der Waals surface area contributed by atoms with E-state index in [-0.39, 0.29) is 0 Å². The lowest BCUT2D eigenvalue weighted by Gasteiger charge is -2.35. The van der Waals surface area contributed by atoms with Gasteiger partial charge in [-0.2, -0.15) is 0 Å². The monoisotopic (exact) mass is 364 g/mol. The Bertz CT molecular complexity index is 750. The highest BCUT2D eigenvalue weighted by Crippen LogP contribution is 2.18. The Balaban J connectivity index is 1.95. The van der Waals surface area contributed by atoms with Gasteiger partial charge in [0.2, 0.25) is 0 Å². The molecule has 0 amide bonds. The Morgan fingerprint density at radius 2 is 1.08 bits per heavy atom. The van der Waals surface area contributed by atoms with E-state index in [2.05, 4.69) is 37.4 Å². The van der Waals surface area contributed by atoms with E-state index in [0.717, 1.165) is 16.4 Å². The molecule has 0 aliphatic carbocycles. The van der Waals surface area contributed by atoms with Crippen molar-refractivity contribution in [2.45, 2.75) is 19.1 Å². The first-order chi connectivity index (χ1) is 12.0. The van der Waals surface area contributed by atoms with Gasteiger partial charge in [0.05, 0.1) is 0 Å². The molecule has 128 valence electrons. The molecule has 3 aromatic rings. The molecular weight excluding hydrogens is 340 g/mol. The molecule has 0 aliphatic rings. The van der Waals surface area contributed by atoms with Gasteiger partial charge in [0, 0.05) is 0 Å². The van der Waals surface area contributed by atoms with Gasteiger partial charge in [0.1, 0.15) is 0 Å². The zero-order valence-electron chi connectivity index (χ0n) is 14.7. The van der Waals surface area contributed by atoms with Crippen LogP contribution in [0, 0.1) is 0 Å². The first-order valence-electron chi connectivity index (χ1n) is 8.57. The van der Waals surface area contributed by atoms with Crippen molar-refractivity contribution < 1.29 is 8.91 Å². The molecule has 25 heavy (non-hydrogen) atoms. The fraction of sp³-hybridized carbons (Fsp3) is 0.143. The maximum absolute atomic E-state index is 11.7. The second-order valence-electron chi connectivity index (χ2n) is 6.90. The van der Waals surface area contributed by atoms with E-state index in [1.54, 1.807) is 0 Å². The van der Waals surface area contributed by atoms with Crippen LogP contribution in [0.5, 0.6) is 0 Å².